The Balaban J connectivity index is 1.50. The summed E-state index contributed by atoms with van der Waals surface area (Å²) >= 11 is 1.72. The van der Waals surface area contributed by atoms with Gasteiger partial charge in [0.2, 0.25) is 11.8 Å². The fraction of sp³-hybridized carbons (Fsp3) is 0.875. The van der Waals surface area contributed by atoms with Crippen molar-refractivity contribution in [2.24, 2.45) is 5.92 Å². The van der Waals surface area contributed by atoms with Crippen molar-refractivity contribution in [3.8, 4) is 0 Å². The molecule has 3 saturated heterocycles. The molecule has 2 amide bonds. The topological polar surface area (TPSA) is 67.9 Å². The van der Waals surface area contributed by atoms with Crippen molar-refractivity contribution in [2.75, 3.05) is 25.5 Å². The first kappa shape index (κ1) is 17.0. The highest BCUT2D eigenvalue weighted by Crippen LogP contribution is 2.47. The molecule has 0 aromatic heterocycles. The monoisotopic (exact) mass is 342 g/mol. The lowest BCUT2D eigenvalue weighted by atomic mass is 10.0. The number of nitrogens with zero attached hydrogens (tertiary/aromatic N) is 1. The second-order valence-corrected chi connectivity index (χ2v) is 8.65. The van der Waals surface area contributed by atoms with Crippen molar-refractivity contribution in [2.45, 2.75) is 56.7 Å². The number of carbonyl (C=O) groups is 2. The van der Waals surface area contributed by atoms with Crippen LogP contribution >= 0.6 is 11.8 Å². The zero-order valence-electron chi connectivity index (χ0n) is 14.1. The number of fused-ring (bicyclic) bond motifs is 1. The number of rotatable bonds is 5. The van der Waals surface area contributed by atoms with Crippen molar-refractivity contribution in [1.29, 1.82) is 0 Å². The Bertz CT molecular complexity index is 494. The van der Waals surface area contributed by atoms with Crippen molar-refractivity contribution in [1.82, 2.24) is 10.2 Å². The highest BCUT2D eigenvalue weighted by Gasteiger charge is 2.52. The van der Waals surface area contributed by atoms with Crippen molar-refractivity contribution in [3.05, 3.63) is 0 Å². The number of hydrogen-bond acceptors (Lipinski definition) is 5. The van der Waals surface area contributed by atoms with Gasteiger partial charge in [-0.25, -0.2) is 0 Å². The molecule has 1 N–H and O–H groups in total. The number of amides is 2. The average Bonchev–Trinajstić information content (AvgIpc) is 3.13. The third-order valence-corrected chi connectivity index (χ3v) is 6.49. The van der Waals surface area contributed by atoms with Crippen molar-refractivity contribution >= 4 is 23.6 Å². The summed E-state index contributed by atoms with van der Waals surface area (Å²) < 4.78 is 11.2. The lowest BCUT2D eigenvalue weighted by Crippen LogP contribution is -2.50. The van der Waals surface area contributed by atoms with Crippen LogP contribution in [-0.2, 0) is 19.1 Å². The van der Waals surface area contributed by atoms with E-state index in [4.69, 9.17) is 9.47 Å². The third kappa shape index (κ3) is 3.37. The van der Waals surface area contributed by atoms with Crippen LogP contribution < -0.4 is 5.32 Å². The molecule has 3 rings (SSSR count). The first-order valence-corrected chi connectivity index (χ1v) is 9.33. The van der Waals surface area contributed by atoms with E-state index in [-0.39, 0.29) is 28.6 Å². The number of nitrogens with one attached hydrogen (secondary N) is 1. The van der Waals surface area contributed by atoms with Gasteiger partial charge >= 0.3 is 0 Å². The van der Waals surface area contributed by atoms with Gasteiger partial charge < -0.3 is 19.7 Å². The molecule has 0 spiro atoms. The molecule has 23 heavy (non-hydrogen) atoms. The lowest BCUT2D eigenvalue weighted by Gasteiger charge is -2.30. The van der Waals surface area contributed by atoms with E-state index in [0.29, 0.717) is 31.9 Å². The Hall–Kier alpha value is -0.790. The van der Waals surface area contributed by atoms with Gasteiger partial charge in [-0.15, -0.1) is 11.8 Å². The fourth-order valence-corrected chi connectivity index (χ4v) is 5.22. The molecule has 130 valence electrons. The standard InChI is InChI=1S/C16H26N2O4S/c1-11(8-16(3)21-6-7-22-16)9-17-14(20)12-10-23-15(2)5-4-13(19)18(12)15/h11-12H,4-10H2,1-3H3,(H,17,20)/t11-,12+,15+/m0/s1. The van der Waals surface area contributed by atoms with Gasteiger partial charge in [0.15, 0.2) is 5.79 Å². The molecular formula is C16H26N2O4S. The van der Waals surface area contributed by atoms with Crippen LogP contribution in [0.1, 0.15) is 40.0 Å². The normalized spacial score (nSPS) is 33.8. The Morgan fingerprint density at radius 1 is 1.43 bits per heavy atom. The summed E-state index contributed by atoms with van der Waals surface area (Å²) in [6.07, 6.45) is 2.13. The molecule has 6 nitrogen and oxygen atoms in total. The first-order chi connectivity index (χ1) is 10.8. The SMILES string of the molecule is C[C@H](CNC(=O)[C@H]1CS[C@]2(C)CCC(=O)N12)CC1(C)OCCO1. The first-order valence-electron chi connectivity index (χ1n) is 8.35. The Morgan fingerprint density at radius 3 is 2.83 bits per heavy atom. The van der Waals surface area contributed by atoms with E-state index in [0.717, 1.165) is 12.8 Å². The van der Waals surface area contributed by atoms with E-state index in [9.17, 15) is 9.59 Å². The second-order valence-electron chi connectivity index (χ2n) is 7.15. The van der Waals surface area contributed by atoms with Gasteiger partial charge in [0.1, 0.15) is 6.04 Å². The summed E-state index contributed by atoms with van der Waals surface area (Å²) in [7, 11) is 0. The molecule has 0 unspecified atom stereocenters. The van der Waals surface area contributed by atoms with Crippen molar-refractivity contribution in [3.63, 3.8) is 0 Å². The summed E-state index contributed by atoms with van der Waals surface area (Å²) in [6, 6.07) is -0.332. The summed E-state index contributed by atoms with van der Waals surface area (Å²) in [5, 5.41) is 3.01. The maximum atomic E-state index is 12.5. The van der Waals surface area contributed by atoms with E-state index < -0.39 is 5.79 Å². The summed E-state index contributed by atoms with van der Waals surface area (Å²) in [5.41, 5.74) is 0. The Labute approximate surface area is 141 Å². The minimum Gasteiger partial charge on any atom is -0.354 e. The highest BCUT2D eigenvalue weighted by molar-refractivity contribution is 8.01. The number of ether oxygens (including phenoxy) is 2. The van der Waals surface area contributed by atoms with Crippen LogP contribution in [0.15, 0.2) is 0 Å². The van der Waals surface area contributed by atoms with E-state index in [1.807, 2.05) is 6.92 Å². The van der Waals surface area contributed by atoms with E-state index in [1.54, 1.807) is 16.7 Å². The van der Waals surface area contributed by atoms with E-state index in [2.05, 4.69) is 19.2 Å². The maximum absolute atomic E-state index is 12.5. The van der Waals surface area contributed by atoms with Crippen LogP contribution in [0.2, 0.25) is 0 Å². The van der Waals surface area contributed by atoms with Gasteiger partial charge in [-0.2, -0.15) is 0 Å². The maximum Gasteiger partial charge on any atom is 0.243 e. The largest absolute Gasteiger partial charge is 0.354 e. The zero-order chi connectivity index (χ0) is 16.7. The van der Waals surface area contributed by atoms with Crippen LogP contribution in [-0.4, -0.2) is 58.9 Å². The van der Waals surface area contributed by atoms with E-state index >= 15 is 0 Å². The molecule has 0 aromatic rings. The van der Waals surface area contributed by atoms with Crippen LogP contribution in [0, 0.1) is 5.92 Å². The molecule has 3 atom stereocenters. The fourth-order valence-electron chi connectivity index (χ4n) is 3.79. The molecule has 7 heteroatoms. The lowest BCUT2D eigenvalue weighted by molar-refractivity contribution is -0.154. The van der Waals surface area contributed by atoms with Gasteiger partial charge in [0, 0.05) is 25.1 Å². The van der Waals surface area contributed by atoms with Gasteiger partial charge in [-0.3, -0.25) is 9.59 Å². The second kappa shape index (κ2) is 6.26. The molecule has 3 heterocycles. The summed E-state index contributed by atoms with van der Waals surface area (Å²) in [6.45, 7) is 7.91. The van der Waals surface area contributed by atoms with Gasteiger partial charge in [-0.1, -0.05) is 6.92 Å². The molecule has 0 bridgehead atoms. The van der Waals surface area contributed by atoms with Crippen molar-refractivity contribution < 1.29 is 19.1 Å². The highest BCUT2D eigenvalue weighted by atomic mass is 32.2. The van der Waals surface area contributed by atoms with Crippen LogP contribution in [0.5, 0.6) is 0 Å². The molecule has 3 fully saturated rings. The zero-order valence-corrected chi connectivity index (χ0v) is 14.9. The van der Waals surface area contributed by atoms with Crippen LogP contribution in [0.4, 0.5) is 0 Å². The molecule has 0 aliphatic carbocycles. The van der Waals surface area contributed by atoms with Gasteiger partial charge in [0.25, 0.3) is 0 Å². The van der Waals surface area contributed by atoms with Gasteiger partial charge in [0.05, 0.1) is 18.1 Å². The summed E-state index contributed by atoms with van der Waals surface area (Å²) in [5.74, 6) is 0.466. The number of thioether (sulfide) groups is 1. The van der Waals surface area contributed by atoms with Crippen LogP contribution in [0.3, 0.4) is 0 Å². The third-order valence-electron chi connectivity index (χ3n) is 4.99. The average molecular weight is 342 g/mol. The predicted octanol–water partition coefficient (Wildman–Crippen LogP) is 1.35. The minimum atomic E-state index is -0.531. The smallest absolute Gasteiger partial charge is 0.243 e. The van der Waals surface area contributed by atoms with E-state index in [1.165, 1.54) is 0 Å². The molecular weight excluding hydrogens is 316 g/mol. The van der Waals surface area contributed by atoms with Gasteiger partial charge in [-0.05, 0) is 26.2 Å². The Morgan fingerprint density at radius 2 is 2.13 bits per heavy atom. The predicted molar refractivity (Wildman–Crippen MR) is 87.8 cm³/mol. The summed E-state index contributed by atoms with van der Waals surface area (Å²) in [4.78, 5) is 26.2. The number of carbonyl (C=O) groups excluding carboxylic acids is 2. The molecule has 3 aliphatic heterocycles. The molecule has 0 aromatic carbocycles. The number of hydrogen-bond donors (Lipinski definition) is 1. The minimum absolute atomic E-state index is 0.0401. The molecule has 0 saturated carbocycles. The van der Waals surface area contributed by atoms with Crippen LogP contribution in [0.25, 0.3) is 0 Å². The quantitative estimate of drug-likeness (QED) is 0.817. The molecule has 3 aliphatic rings. The molecule has 0 radical (unpaired) electrons. The Kier molecular flexibility index (Phi) is 4.64.